The van der Waals surface area contributed by atoms with Crippen LogP contribution in [0.15, 0.2) is 37.2 Å². The van der Waals surface area contributed by atoms with E-state index in [-0.39, 0.29) is 35.0 Å². The van der Waals surface area contributed by atoms with Crippen molar-refractivity contribution in [2.24, 2.45) is 0 Å². The molecule has 4 rings (SSSR count). The average Bonchev–Trinajstić information content (AvgIpc) is 3.30. The number of likely N-dealkylation sites (tertiary alicyclic amines) is 1. The first kappa shape index (κ1) is 25.4. The van der Waals surface area contributed by atoms with Crippen molar-refractivity contribution in [3.8, 4) is 11.5 Å². The van der Waals surface area contributed by atoms with Gasteiger partial charge in [-0.2, -0.15) is 5.10 Å². The molecular weight excluding hydrogens is 480 g/mol. The van der Waals surface area contributed by atoms with Gasteiger partial charge in [-0.15, -0.1) is 0 Å². The molecule has 0 spiro atoms. The molecule has 13 nitrogen and oxygen atoms in total. The van der Waals surface area contributed by atoms with Crippen molar-refractivity contribution in [3.63, 3.8) is 0 Å². The quantitative estimate of drug-likeness (QED) is 0.476. The zero-order valence-corrected chi connectivity index (χ0v) is 20.8. The van der Waals surface area contributed by atoms with E-state index in [1.807, 2.05) is 0 Å². The van der Waals surface area contributed by atoms with E-state index in [9.17, 15) is 14.4 Å². The minimum atomic E-state index is -0.559. The van der Waals surface area contributed by atoms with Crippen LogP contribution in [0, 0.1) is 0 Å². The lowest BCUT2D eigenvalue weighted by Gasteiger charge is -2.32. The number of piperidine rings is 1. The maximum Gasteiger partial charge on any atom is 0.414 e. The number of hydrogen-bond donors (Lipinski definition) is 2. The first-order valence-corrected chi connectivity index (χ1v) is 11.5. The third-order valence-electron chi connectivity index (χ3n) is 5.95. The second-order valence-corrected chi connectivity index (χ2v) is 8.61. The number of nitrogens with zero attached hydrogens (tertiary/aromatic N) is 6. The Morgan fingerprint density at radius 3 is 2.76 bits per heavy atom. The van der Waals surface area contributed by atoms with Gasteiger partial charge in [0.1, 0.15) is 23.6 Å². The van der Waals surface area contributed by atoms with Gasteiger partial charge in [-0.3, -0.25) is 9.59 Å². The fourth-order valence-electron chi connectivity index (χ4n) is 4.10. The van der Waals surface area contributed by atoms with Crippen LogP contribution in [0.25, 0.3) is 11.0 Å². The van der Waals surface area contributed by atoms with Crippen molar-refractivity contribution in [2.75, 3.05) is 45.3 Å². The summed E-state index contributed by atoms with van der Waals surface area (Å²) in [5, 5.41) is 7.65. The predicted molar refractivity (Wildman–Crippen MR) is 135 cm³/mol. The molecule has 194 valence electrons. The van der Waals surface area contributed by atoms with E-state index in [1.54, 1.807) is 29.7 Å². The van der Waals surface area contributed by atoms with Crippen LogP contribution < -0.4 is 20.5 Å². The number of nitrogen functional groups attached to an aromatic ring is 1. The van der Waals surface area contributed by atoms with Crippen LogP contribution in [0.2, 0.25) is 0 Å². The maximum absolute atomic E-state index is 13.4. The molecule has 1 fully saturated rings. The number of nitrogens with two attached hydrogens (primary N) is 1. The molecule has 37 heavy (non-hydrogen) atoms. The molecule has 1 aromatic carbocycles. The number of fused-ring (bicyclic) bond motifs is 1. The van der Waals surface area contributed by atoms with Crippen molar-refractivity contribution in [3.05, 3.63) is 42.9 Å². The summed E-state index contributed by atoms with van der Waals surface area (Å²) in [6.07, 6.45) is 3.54. The van der Waals surface area contributed by atoms with Crippen molar-refractivity contribution in [1.29, 1.82) is 0 Å². The molecule has 0 saturated carbocycles. The summed E-state index contributed by atoms with van der Waals surface area (Å²) in [6.45, 7) is 4.58. The van der Waals surface area contributed by atoms with Crippen LogP contribution in [0.5, 0.6) is 11.5 Å². The maximum atomic E-state index is 13.4. The summed E-state index contributed by atoms with van der Waals surface area (Å²) < 4.78 is 12.3. The Balaban J connectivity index is 1.65. The summed E-state index contributed by atoms with van der Waals surface area (Å²) in [5.41, 5.74) is 6.89. The number of amides is 3. The van der Waals surface area contributed by atoms with Gasteiger partial charge in [0.05, 0.1) is 24.2 Å². The number of nitrogens with one attached hydrogen (secondary N) is 1. The Morgan fingerprint density at radius 1 is 1.27 bits per heavy atom. The van der Waals surface area contributed by atoms with Crippen LogP contribution in [0.3, 0.4) is 0 Å². The van der Waals surface area contributed by atoms with Gasteiger partial charge >= 0.3 is 6.09 Å². The minimum Gasteiger partial charge on any atom is -0.494 e. The average molecular weight is 509 g/mol. The molecule has 1 atom stereocenters. The number of carbonyl (C=O) groups is 3. The highest BCUT2D eigenvalue weighted by atomic mass is 16.6. The molecule has 0 bridgehead atoms. The molecule has 3 amide bonds. The summed E-state index contributed by atoms with van der Waals surface area (Å²) >= 11 is 0. The van der Waals surface area contributed by atoms with Crippen LogP contribution in [-0.4, -0.2) is 81.8 Å². The normalized spacial score (nSPS) is 15.2. The van der Waals surface area contributed by atoms with Gasteiger partial charge in [0.25, 0.3) is 5.91 Å². The standard InChI is InChI=1S/C24H28N8O5/c1-5-18(33)31-10-6-7-14(12-31)32-22-19(21(25)26-13-27-22)20(29-32)23(34)28-16-9-8-15(11-17(16)36-4)37-24(35)30(2)3/h5,8-9,11,13-14H,1,6-7,10,12H2,2-4H3,(H,28,34)(H2,25,26,27)/t14-/m1/s1. The van der Waals surface area contributed by atoms with Gasteiger partial charge < -0.3 is 30.3 Å². The highest BCUT2D eigenvalue weighted by molar-refractivity contribution is 6.13. The highest BCUT2D eigenvalue weighted by Gasteiger charge is 2.29. The van der Waals surface area contributed by atoms with E-state index in [0.717, 1.165) is 12.8 Å². The number of rotatable bonds is 6. The highest BCUT2D eigenvalue weighted by Crippen LogP contribution is 2.32. The summed E-state index contributed by atoms with van der Waals surface area (Å²) in [5.74, 6) is -0.0984. The number of benzene rings is 1. The zero-order chi connectivity index (χ0) is 26.7. The minimum absolute atomic E-state index is 0.0328. The molecule has 1 aliphatic rings. The van der Waals surface area contributed by atoms with Crippen molar-refractivity contribution < 1.29 is 23.9 Å². The van der Waals surface area contributed by atoms with E-state index in [1.165, 1.54) is 36.5 Å². The van der Waals surface area contributed by atoms with Crippen molar-refractivity contribution >= 4 is 40.4 Å². The number of carbonyl (C=O) groups excluding carboxylic acids is 3. The fourth-order valence-corrected chi connectivity index (χ4v) is 4.10. The van der Waals surface area contributed by atoms with E-state index < -0.39 is 12.0 Å². The number of aromatic nitrogens is 4. The molecule has 0 aliphatic carbocycles. The third kappa shape index (κ3) is 5.15. The lowest BCUT2D eigenvalue weighted by atomic mass is 10.1. The molecule has 0 radical (unpaired) electrons. The third-order valence-corrected chi connectivity index (χ3v) is 5.95. The van der Waals surface area contributed by atoms with Gasteiger partial charge in [-0.05, 0) is 31.1 Å². The second-order valence-electron chi connectivity index (χ2n) is 8.61. The smallest absolute Gasteiger partial charge is 0.414 e. The lowest BCUT2D eigenvalue weighted by molar-refractivity contribution is -0.127. The number of methoxy groups -OCH3 is 1. The van der Waals surface area contributed by atoms with Crippen LogP contribution >= 0.6 is 0 Å². The van der Waals surface area contributed by atoms with E-state index >= 15 is 0 Å². The fraction of sp³-hybridized carbons (Fsp3) is 0.333. The molecule has 3 aromatic rings. The zero-order valence-electron chi connectivity index (χ0n) is 20.8. The first-order valence-electron chi connectivity index (χ1n) is 11.5. The number of anilines is 2. The Morgan fingerprint density at radius 2 is 2.05 bits per heavy atom. The topological polar surface area (TPSA) is 158 Å². The predicted octanol–water partition coefficient (Wildman–Crippen LogP) is 2.08. The summed E-state index contributed by atoms with van der Waals surface area (Å²) in [6, 6.07) is 4.35. The van der Waals surface area contributed by atoms with Gasteiger partial charge in [0, 0.05) is 33.3 Å². The van der Waals surface area contributed by atoms with Crippen LogP contribution in [-0.2, 0) is 4.79 Å². The van der Waals surface area contributed by atoms with Gasteiger partial charge in [0.2, 0.25) is 5.91 Å². The molecular formula is C24H28N8O5. The molecule has 1 saturated heterocycles. The van der Waals surface area contributed by atoms with Crippen molar-refractivity contribution in [2.45, 2.75) is 18.9 Å². The second kappa shape index (κ2) is 10.5. The monoisotopic (exact) mass is 508 g/mol. The van der Waals surface area contributed by atoms with E-state index in [2.05, 4.69) is 27.0 Å². The molecule has 3 heterocycles. The van der Waals surface area contributed by atoms with Crippen LogP contribution in [0.4, 0.5) is 16.3 Å². The summed E-state index contributed by atoms with van der Waals surface area (Å²) in [7, 11) is 4.56. The molecule has 13 heteroatoms. The Hall–Kier alpha value is -4.68. The molecule has 2 aromatic heterocycles. The Labute approximate surface area is 212 Å². The molecule has 1 aliphatic heterocycles. The van der Waals surface area contributed by atoms with Gasteiger partial charge in [-0.25, -0.2) is 19.4 Å². The van der Waals surface area contributed by atoms with Crippen molar-refractivity contribution in [1.82, 2.24) is 29.5 Å². The van der Waals surface area contributed by atoms with Crippen LogP contribution in [0.1, 0.15) is 29.4 Å². The number of ether oxygens (including phenoxy) is 2. The Bertz CT molecular complexity index is 1370. The van der Waals surface area contributed by atoms with Gasteiger partial charge in [0.15, 0.2) is 11.3 Å². The SMILES string of the molecule is C=CC(=O)N1CCC[C@@H](n2nc(C(=O)Nc3ccc(OC(=O)N(C)C)cc3OC)c3c(N)ncnc32)C1. The lowest BCUT2D eigenvalue weighted by Crippen LogP contribution is -2.40. The van der Waals surface area contributed by atoms with E-state index in [0.29, 0.717) is 29.8 Å². The summed E-state index contributed by atoms with van der Waals surface area (Å²) in [4.78, 5) is 48.8. The van der Waals surface area contributed by atoms with Gasteiger partial charge in [-0.1, -0.05) is 6.58 Å². The molecule has 3 N–H and O–H groups in total. The first-order chi connectivity index (χ1) is 17.7. The Kier molecular flexibility index (Phi) is 7.22. The molecule has 0 unspecified atom stereocenters. The number of hydrogen-bond acceptors (Lipinski definition) is 9. The van der Waals surface area contributed by atoms with E-state index in [4.69, 9.17) is 15.2 Å². The largest absolute Gasteiger partial charge is 0.494 e.